The van der Waals surface area contributed by atoms with Gasteiger partial charge in [-0.05, 0) is 23.8 Å². The minimum Gasteiger partial charge on any atom is -0.379 e. The molecule has 0 aliphatic carbocycles. The topological polar surface area (TPSA) is 109 Å². The van der Waals surface area contributed by atoms with Crippen LogP contribution in [0.15, 0.2) is 47.4 Å². The molecule has 26 heavy (non-hydrogen) atoms. The molecule has 0 fully saturated rings. The lowest BCUT2D eigenvalue weighted by atomic mass is 9.94. The van der Waals surface area contributed by atoms with E-state index in [4.69, 9.17) is 5.73 Å². The fraction of sp³-hybridized carbons (Fsp3) is 0.421. The summed E-state index contributed by atoms with van der Waals surface area (Å²) in [6.45, 7) is 3.72. The largest absolute Gasteiger partial charge is 0.379 e. The molecule has 2 rings (SSSR count). The molecule has 7 heteroatoms. The van der Waals surface area contributed by atoms with Gasteiger partial charge in [-0.25, -0.2) is 13.1 Å². The highest BCUT2D eigenvalue weighted by atomic mass is 32.2. The summed E-state index contributed by atoms with van der Waals surface area (Å²) in [7, 11) is -3.89. The van der Waals surface area contributed by atoms with Crippen molar-refractivity contribution in [1.29, 1.82) is 0 Å². The summed E-state index contributed by atoms with van der Waals surface area (Å²) >= 11 is 0. The summed E-state index contributed by atoms with van der Waals surface area (Å²) in [6, 6.07) is 11.4. The summed E-state index contributed by atoms with van der Waals surface area (Å²) in [5.74, 6) is -0.449. The minimum absolute atomic E-state index is 0.0186. The van der Waals surface area contributed by atoms with Crippen LogP contribution in [-0.2, 0) is 14.8 Å². The molecule has 0 aliphatic heterocycles. The molecule has 6 nitrogen and oxygen atoms in total. The van der Waals surface area contributed by atoms with Crippen LogP contribution in [0.4, 0.5) is 0 Å². The van der Waals surface area contributed by atoms with E-state index in [9.17, 15) is 18.3 Å². The van der Waals surface area contributed by atoms with Gasteiger partial charge in [-0.1, -0.05) is 56.7 Å². The lowest BCUT2D eigenvalue weighted by Gasteiger charge is -2.23. The van der Waals surface area contributed by atoms with Gasteiger partial charge in [0.1, 0.15) is 6.23 Å². The van der Waals surface area contributed by atoms with Gasteiger partial charge in [-0.15, -0.1) is 0 Å². The molecule has 2 aromatic rings. The fourth-order valence-corrected chi connectivity index (χ4v) is 4.40. The summed E-state index contributed by atoms with van der Waals surface area (Å²) in [6.07, 6.45) is -0.335. The monoisotopic (exact) mass is 378 g/mol. The molecule has 3 atom stereocenters. The van der Waals surface area contributed by atoms with E-state index in [1.165, 1.54) is 6.07 Å². The predicted molar refractivity (Wildman–Crippen MR) is 102 cm³/mol. The van der Waals surface area contributed by atoms with Crippen molar-refractivity contribution in [2.45, 2.75) is 50.3 Å². The van der Waals surface area contributed by atoms with E-state index in [1.54, 1.807) is 18.2 Å². The Morgan fingerprint density at radius 1 is 1.19 bits per heavy atom. The number of nitrogens with two attached hydrogens (primary N) is 1. The average Bonchev–Trinajstić information content (AvgIpc) is 2.63. The van der Waals surface area contributed by atoms with Crippen LogP contribution in [0.3, 0.4) is 0 Å². The number of ketones is 1. The Morgan fingerprint density at radius 2 is 1.85 bits per heavy atom. The number of rotatable bonds is 9. The van der Waals surface area contributed by atoms with Crippen molar-refractivity contribution in [1.82, 2.24) is 4.72 Å². The standard InChI is InChI=1S/C19H26N2O4S/c1-3-13(2)19(16(22)11-12-18(20)23)21-26(24,25)17-10-6-8-14-7-4-5-9-15(14)17/h4-10,13,18-19,21,23H,3,11-12,20H2,1-2H3/t13-,18?,19-/m1/s1. The summed E-state index contributed by atoms with van der Waals surface area (Å²) < 4.78 is 28.5. The van der Waals surface area contributed by atoms with Gasteiger partial charge in [0.25, 0.3) is 0 Å². The number of aliphatic hydroxyl groups excluding tert-OH is 1. The predicted octanol–water partition coefficient (Wildman–Crippen LogP) is 2.16. The Hall–Kier alpha value is -1.80. The number of benzene rings is 2. The van der Waals surface area contributed by atoms with Crippen LogP contribution in [-0.4, -0.2) is 31.6 Å². The van der Waals surface area contributed by atoms with Gasteiger partial charge in [0.2, 0.25) is 10.0 Å². The lowest BCUT2D eigenvalue weighted by Crippen LogP contribution is -2.45. The SMILES string of the molecule is CC[C@@H](C)[C@@H](NS(=O)(=O)c1cccc2ccccc12)C(=O)CCC(N)O. The summed E-state index contributed by atoms with van der Waals surface area (Å²) in [4.78, 5) is 12.7. The van der Waals surface area contributed by atoms with Crippen molar-refractivity contribution in [2.75, 3.05) is 0 Å². The van der Waals surface area contributed by atoms with Gasteiger partial charge in [0.15, 0.2) is 5.78 Å². The van der Waals surface area contributed by atoms with Crippen LogP contribution in [0, 0.1) is 5.92 Å². The molecule has 0 radical (unpaired) electrons. The number of hydrogen-bond acceptors (Lipinski definition) is 5. The normalized spacial score (nSPS) is 15.5. The maximum absolute atomic E-state index is 13.0. The van der Waals surface area contributed by atoms with E-state index in [0.717, 1.165) is 5.39 Å². The van der Waals surface area contributed by atoms with Crippen LogP contribution in [0.2, 0.25) is 0 Å². The fourth-order valence-electron chi connectivity index (χ4n) is 2.84. The van der Waals surface area contributed by atoms with Crippen molar-refractivity contribution in [3.63, 3.8) is 0 Å². The molecule has 0 bridgehead atoms. The average molecular weight is 378 g/mol. The molecule has 0 heterocycles. The Kier molecular flexibility index (Phi) is 6.88. The molecule has 0 saturated carbocycles. The van der Waals surface area contributed by atoms with Gasteiger partial charge in [0, 0.05) is 11.8 Å². The summed E-state index contributed by atoms with van der Waals surface area (Å²) in [5, 5.41) is 10.6. The number of sulfonamides is 1. The highest BCUT2D eigenvalue weighted by Crippen LogP contribution is 2.24. The molecule has 0 amide bonds. The van der Waals surface area contributed by atoms with Gasteiger partial charge < -0.3 is 10.8 Å². The number of Topliss-reactive ketones (excluding diaryl/α,β-unsaturated/α-hetero) is 1. The third-order valence-electron chi connectivity index (χ3n) is 4.57. The second-order valence-corrected chi connectivity index (χ2v) is 8.22. The van der Waals surface area contributed by atoms with Crippen LogP contribution in [0.1, 0.15) is 33.1 Å². The molecular formula is C19H26N2O4S. The zero-order chi connectivity index (χ0) is 19.3. The van der Waals surface area contributed by atoms with Gasteiger partial charge in [-0.3, -0.25) is 4.79 Å². The molecule has 142 valence electrons. The number of nitrogens with one attached hydrogen (secondary N) is 1. The van der Waals surface area contributed by atoms with Crippen LogP contribution in [0.5, 0.6) is 0 Å². The first-order valence-corrected chi connectivity index (χ1v) is 10.2. The first kappa shape index (κ1) is 20.5. The molecule has 2 aromatic carbocycles. The summed E-state index contributed by atoms with van der Waals surface area (Å²) in [5.41, 5.74) is 5.29. The Bertz CT molecular complexity index is 859. The van der Waals surface area contributed by atoms with Crippen molar-refractivity contribution in [3.05, 3.63) is 42.5 Å². The highest BCUT2D eigenvalue weighted by Gasteiger charge is 2.30. The Labute approximate surface area is 154 Å². The molecule has 1 unspecified atom stereocenters. The van der Waals surface area contributed by atoms with E-state index in [2.05, 4.69) is 4.72 Å². The zero-order valence-corrected chi connectivity index (χ0v) is 15.9. The third kappa shape index (κ3) is 4.88. The first-order chi connectivity index (χ1) is 12.3. The van der Waals surface area contributed by atoms with Crippen molar-refractivity contribution >= 4 is 26.6 Å². The van der Waals surface area contributed by atoms with Crippen LogP contribution < -0.4 is 10.5 Å². The minimum atomic E-state index is -3.89. The van der Waals surface area contributed by atoms with E-state index < -0.39 is 22.3 Å². The molecule has 0 spiro atoms. The number of fused-ring (bicyclic) bond motifs is 1. The highest BCUT2D eigenvalue weighted by molar-refractivity contribution is 7.89. The number of carbonyl (C=O) groups excluding carboxylic acids is 1. The molecular weight excluding hydrogens is 352 g/mol. The maximum Gasteiger partial charge on any atom is 0.241 e. The lowest BCUT2D eigenvalue weighted by molar-refractivity contribution is -0.122. The van der Waals surface area contributed by atoms with Crippen molar-refractivity contribution < 1.29 is 18.3 Å². The Morgan fingerprint density at radius 3 is 2.50 bits per heavy atom. The Balaban J connectivity index is 2.35. The van der Waals surface area contributed by atoms with Crippen LogP contribution in [0.25, 0.3) is 10.8 Å². The zero-order valence-electron chi connectivity index (χ0n) is 15.1. The van der Waals surface area contributed by atoms with E-state index in [-0.39, 0.29) is 29.4 Å². The third-order valence-corrected chi connectivity index (χ3v) is 6.07. The molecule has 0 aliphatic rings. The molecule has 4 N–H and O–H groups in total. The smallest absolute Gasteiger partial charge is 0.241 e. The number of aliphatic hydroxyl groups is 1. The van der Waals surface area contributed by atoms with E-state index >= 15 is 0 Å². The second-order valence-electron chi connectivity index (χ2n) is 6.53. The molecule has 0 saturated heterocycles. The van der Waals surface area contributed by atoms with E-state index in [1.807, 2.05) is 32.0 Å². The van der Waals surface area contributed by atoms with E-state index in [0.29, 0.717) is 11.8 Å². The van der Waals surface area contributed by atoms with Crippen molar-refractivity contribution in [3.8, 4) is 0 Å². The first-order valence-electron chi connectivity index (χ1n) is 8.72. The van der Waals surface area contributed by atoms with Gasteiger partial charge in [0.05, 0.1) is 10.9 Å². The quantitative estimate of drug-likeness (QED) is 0.579. The van der Waals surface area contributed by atoms with Gasteiger partial charge in [-0.2, -0.15) is 0 Å². The van der Waals surface area contributed by atoms with Crippen LogP contribution >= 0.6 is 0 Å². The van der Waals surface area contributed by atoms with Gasteiger partial charge >= 0.3 is 0 Å². The second kappa shape index (κ2) is 8.73. The number of carbonyl (C=O) groups is 1. The molecule has 0 aromatic heterocycles. The maximum atomic E-state index is 13.0. The van der Waals surface area contributed by atoms with Crippen molar-refractivity contribution in [2.24, 2.45) is 11.7 Å². The number of hydrogen-bond donors (Lipinski definition) is 3.